The van der Waals surface area contributed by atoms with E-state index in [9.17, 15) is 24.6 Å². The average molecular weight is 325 g/mol. The van der Waals surface area contributed by atoms with Crippen LogP contribution in [0.2, 0.25) is 0 Å². The number of amides is 1. The molecule has 0 radical (unpaired) electrons. The number of ketones is 1. The fraction of sp³-hybridized carbons (Fsp3) is 0.400. The summed E-state index contributed by atoms with van der Waals surface area (Å²) < 4.78 is 0. The summed E-state index contributed by atoms with van der Waals surface area (Å²) >= 11 is 0.942. The Morgan fingerprint density at radius 2 is 1.73 bits per heavy atom. The second-order valence-corrected chi connectivity index (χ2v) is 6.06. The monoisotopic (exact) mass is 325 g/mol. The van der Waals surface area contributed by atoms with E-state index in [0.717, 1.165) is 11.8 Å². The van der Waals surface area contributed by atoms with E-state index in [-0.39, 0.29) is 23.1 Å². The van der Waals surface area contributed by atoms with Crippen LogP contribution in [0.5, 0.6) is 0 Å². The highest BCUT2D eigenvalue weighted by molar-refractivity contribution is 8.13. The average Bonchev–Trinajstić information content (AvgIpc) is 2.43. The molecular weight excluding hydrogens is 306 g/mol. The fourth-order valence-corrected chi connectivity index (χ4v) is 2.30. The molecule has 6 nitrogen and oxygen atoms in total. The van der Waals surface area contributed by atoms with Gasteiger partial charge in [0.1, 0.15) is 11.9 Å². The van der Waals surface area contributed by atoms with Crippen LogP contribution in [0.25, 0.3) is 0 Å². The van der Waals surface area contributed by atoms with E-state index in [4.69, 9.17) is 0 Å². The minimum atomic E-state index is -1.12. The molecule has 0 aliphatic carbocycles. The van der Waals surface area contributed by atoms with Crippen LogP contribution in [-0.4, -0.2) is 38.9 Å². The summed E-state index contributed by atoms with van der Waals surface area (Å²) in [5.41, 5.74) is 0.969. The van der Waals surface area contributed by atoms with Gasteiger partial charge >= 0.3 is 0 Å². The van der Waals surface area contributed by atoms with Crippen LogP contribution < -0.4 is 5.32 Å². The van der Waals surface area contributed by atoms with Gasteiger partial charge < -0.3 is 15.5 Å². The summed E-state index contributed by atoms with van der Waals surface area (Å²) in [5.74, 6) is -0.525. The molecule has 7 heteroatoms. The van der Waals surface area contributed by atoms with Crippen molar-refractivity contribution in [3.63, 3.8) is 0 Å². The maximum absolute atomic E-state index is 11.4. The van der Waals surface area contributed by atoms with Crippen molar-refractivity contribution in [1.29, 1.82) is 0 Å². The van der Waals surface area contributed by atoms with Gasteiger partial charge in [-0.1, -0.05) is 23.9 Å². The third-order valence-corrected chi connectivity index (χ3v) is 3.68. The van der Waals surface area contributed by atoms with Crippen molar-refractivity contribution in [2.45, 2.75) is 32.5 Å². The quantitative estimate of drug-likeness (QED) is 0.652. The van der Waals surface area contributed by atoms with Gasteiger partial charge in [0.25, 0.3) is 0 Å². The molecule has 120 valence electrons. The SMILES string of the molecule is CC(=O)CC(=O)Nc1ccc(C(O)C(O)CSC(C)=O)cc1. The Hall–Kier alpha value is -1.70. The van der Waals surface area contributed by atoms with E-state index < -0.39 is 18.1 Å². The van der Waals surface area contributed by atoms with Crippen molar-refractivity contribution in [3.8, 4) is 0 Å². The zero-order chi connectivity index (χ0) is 16.7. The molecule has 1 amide bonds. The van der Waals surface area contributed by atoms with Gasteiger partial charge in [-0.25, -0.2) is 0 Å². The van der Waals surface area contributed by atoms with Gasteiger partial charge in [-0.15, -0.1) is 0 Å². The Kier molecular flexibility index (Phi) is 7.23. The van der Waals surface area contributed by atoms with E-state index in [0.29, 0.717) is 11.3 Å². The van der Waals surface area contributed by atoms with Gasteiger partial charge in [-0.2, -0.15) is 0 Å². The first-order valence-electron chi connectivity index (χ1n) is 6.68. The molecule has 2 unspecified atom stereocenters. The molecule has 22 heavy (non-hydrogen) atoms. The van der Waals surface area contributed by atoms with E-state index in [2.05, 4.69) is 5.32 Å². The number of anilines is 1. The summed E-state index contributed by atoms with van der Waals surface area (Å²) in [5, 5.41) is 22.2. The zero-order valence-electron chi connectivity index (χ0n) is 12.4. The molecule has 0 fully saturated rings. The van der Waals surface area contributed by atoms with Crippen LogP contribution in [0.15, 0.2) is 24.3 Å². The molecule has 0 saturated carbocycles. The van der Waals surface area contributed by atoms with E-state index in [1.165, 1.54) is 13.8 Å². The number of aliphatic hydroxyl groups excluding tert-OH is 2. The number of hydrogen-bond donors (Lipinski definition) is 3. The molecule has 0 saturated heterocycles. The van der Waals surface area contributed by atoms with E-state index >= 15 is 0 Å². The van der Waals surface area contributed by atoms with Gasteiger partial charge in [0.2, 0.25) is 5.91 Å². The van der Waals surface area contributed by atoms with E-state index in [1.54, 1.807) is 24.3 Å². The molecular formula is C15H19NO5S. The molecule has 0 spiro atoms. The number of carbonyl (C=O) groups is 3. The lowest BCUT2D eigenvalue weighted by Gasteiger charge is -2.17. The van der Waals surface area contributed by atoms with Gasteiger partial charge in [0, 0.05) is 18.4 Å². The third kappa shape index (κ3) is 6.38. The number of rotatable bonds is 7. The molecule has 1 rings (SSSR count). The van der Waals surface area contributed by atoms with Gasteiger partial charge in [0.05, 0.1) is 12.5 Å². The largest absolute Gasteiger partial charge is 0.389 e. The second kappa shape index (κ2) is 8.67. The van der Waals surface area contributed by atoms with Gasteiger partial charge in [-0.3, -0.25) is 14.4 Å². The Morgan fingerprint density at radius 1 is 1.14 bits per heavy atom. The Balaban J connectivity index is 2.61. The lowest BCUT2D eigenvalue weighted by Crippen LogP contribution is -2.21. The molecule has 3 N–H and O–H groups in total. The van der Waals surface area contributed by atoms with Crippen LogP contribution in [0, 0.1) is 0 Å². The maximum atomic E-state index is 11.4. The first-order chi connectivity index (χ1) is 10.3. The molecule has 1 aromatic carbocycles. The predicted octanol–water partition coefficient (Wildman–Crippen LogP) is 1.28. The molecule has 0 aliphatic heterocycles. The van der Waals surface area contributed by atoms with Crippen LogP contribution in [0.4, 0.5) is 5.69 Å². The molecule has 0 bridgehead atoms. The summed E-state index contributed by atoms with van der Waals surface area (Å²) in [7, 11) is 0. The highest BCUT2D eigenvalue weighted by Crippen LogP contribution is 2.22. The lowest BCUT2D eigenvalue weighted by atomic mass is 10.1. The van der Waals surface area contributed by atoms with Crippen molar-refractivity contribution >= 4 is 34.3 Å². The standard InChI is InChI=1S/C15H19NO5S/c1-9(17)7-14(20)16-12-5-3-11(4-6-12)15(21)13(19)8-22-10(2)18/h3-6,13,15,19,21H,7-8H2,1-2H3,(H,16,20). The third-order valence-electron chi connectivity index (χ3n) is 2.77. The van der Waals surface area contributed by atoms with E-state index in [1.807, 2.05) is 0 Å². The lowest BCUT2D eigenvalue weighted by molar-refractivity contribution is -0.124. The number of benzene rings is 1. The number of thioether (sulfide) groups is 1. The number of Topliss-reactive ketones (excluding diaryl/α,β-unsaturated/α-hetero) is 1. The Morgan fingerprint density at radius 3 is 2.23 bits per heavy atom. The van der Waals surface area contributed by atoms with Crippen molar-refractivity contribution in [3.05, 3.63) is 29.8 Å². The van der Waals surface area contributed by atoms with Crippen molar-refractivity contribution in [2.24, 2.45) is 0 Å². The molecule has 0 heterocycles. The topological polar surface area (TPSA) is 104 Å². The minimum Gasteiger partial charge on any atom is -0.389 e. The normalized spacial score (nSPS) is 13.3. The van der Waals surface area contributed by atoms with Crippen LogP contribution in [0.3, 0.4) is 0 Å². The first kappa shape index (κ1) is 18.3. The summed E-state index contributed by atoms with van der Waals surface area (Å²) in [4.78, 5) is 33.1. The van der Waals surface area contributed by atoms with Crippen LogP contribution in [0.1, 0.15) is 31.9 Å². The molecule has 1 aromatic rings. The zero-order valence-corrected chi connectivity index (χ0v) is 13.2. The van der Waals surface area contributed by atoms with Gasteiger partial charge in [-0.05, 0) is 24.6 Å². The van der Waals surface area contributed by atoms with Crippen molar-refractivity contribution < 1.29 is 24.6 Å². The summed E-state index contributed by atoms with van der Waals surface area (Å²) in [6.07, 6.45) is -2.37. The molecule has 0 aromatic heterocycles. The molecule has 0 aliphatic rings. The Labute approximate surface area is 132 Å². The molecule has 2 atom stereocenters. The number of nitrogens with one attached hydrogen (secondary N) is 1. The first-order valence-corrected chi connectivity index (χ1v) is 7.67. The minimum absolute atomic E-state index is 0.105. The fourth-order valence-electron chi connectivity index (χ4n) is 1.71. The smallest absolute Gasteiger partial charge is 0.231 e. The summed E-state index contributed by atoms with van der Waals surface area (Å²) in [6.45, 7) is 2.72. The Bertz CT molecular complexity index is 543. The predicted molar refractivity (Wildman–Crippen MR) is 84.5 cm³/mol. The number of aliphatic hydroxyl groups is 2. The number of carbonyl (C=O) groups excluding carboxylic acids is 3. The van der Waals surface area contributed by atoms with Gasteiger partial charge in [0.15, 0.2) is 5.12 Å². The highest BCUT2D eigenvalue weighted by Gasteiger charge is 2.19. The van der Waals surface area contributed by atoms with Crippen molar-refractivity contribution in [1.82, 2.24) is 0 Å². The number of hydrogen-bond acceptors (Lipinski definition) is 6. The van der Waals surface area contributed by atoms with Crippen LogP contribution >= 0.6 is 11.8 Å². The van der Waals surface area contributed by atoms with Crippen LogP contribution in [-0.2, 0) is 14.4 Å². The maximum Gasteiger partial charge on any atom is 0.231 e. The highest BCUT2D eigenvalue weighted by atomic mass is 32.2. The van der Waals surface area contributed by atoms with Crippen molar-refractivity contribution in [2.75, 3.05) is 11.1 Å². The summed E-state index contributed by atoms with van der Waals surface area (Å²) in [6, 6.07) is 6.27. The second-order valence-electron chi connectivity index (χ2n) is 4.86.